The first kappa shape index (κ1) is 12.4. The van der Waals surface area contributed by atoms with Crippen LogP contribution in [-0.4, -0.2) is 36.7 Å². The summed E-state index contributed by atoms with van der Waals surface area (Å²) in [6.45, 7) is 3.69. The zero-order valence-electron chi connectivity index (χ0n) is 9.02. The Labute approximate surface area is 93.7 Å². The smallest absolute Gasteiger partial charge is 0.302 e. The van der Waals surface area contributed by atoms with Crippen molar-refractivity contribution in [1.82, 2.24) is 0 Å². The fourth-order valence-electron chi connectivity index (χ4n) is 1.46. The second-order valence-corrected chi connectivity index (χ2v) is 4.74. The minimum atomic E-state index is -0.252. The van der Waals surface area contributed by atoms with Crippen LogP contribution in [0, 0.1) is 11.8 Å². The van der Waals surface area contributed by atoms with Crippen molar-refractivity contribution >= 4 is 23.7 Å². The molecule has 5 heteroatoms. The van der Waals surface area contributed by atoms with Gasteiger partial charge in [-0.3, -0.25) is 9.59 Å². The molecule has 0 aromatic heterocycles. The molecule has 0 spiro atoms. The summed E-state index contributed by atoms with van der Waals surface area (Å²) in [7, 11) is 0. The van der Waals surface area contributed by atoms with Gasteiger partial charge in [0.1, 0.15) is 0 Å². The molecule has 0 bridgehead atoms. The Kier molecular flexibility index (Phi) is 4.94. The molecular weight excluding hydrogens is 216 g/mol. The Morgan fingerprint density at radius 2 is 1.47 bits per heavy atom. The summed E-state index contributed by atoms with van der Waals surface area (Å²) in [5, 5.41) is 0. The molecule has 1 aliphatic heterocycles. The van der Waals surface area contributed by atoms with Gasteiger partial charge in [-0.25, -0.2) is 0 Å². The minimum Gasteiger partial charge on any atom is -0.466 e. The molecule has 4 nitrogen and oxygen atoms in total. The lowest BCUT2D eigenvalue weighted by molar-refractivity contribution is -0.146. The summed E-state index contributed by atoms with van der Waals surface area (Å²) >= 11 is 1.81. The van der Waals surface area contributed by atoms with E-state index in [-0.39, 0.29) is 11.9 Å². The highest BCUT2D eigenvalue weighted by atomic mass is 32.2. The molecule has 1 fully saturated rings. The highest BCUT2D eigenvalue weighted by molar-refractivity contribution is 7.99. The first-order chi connectivity index (χ1) is 7.09. The number of hydrogen-bond donors (Lipinski definition) is 0. The number of hydrogen-bond acceptors (Lipinski definition) is 5. The van der Waals surface area contributed by atoms with E-state index in [1.807, 2.05) is 11.8 Å². The van der Waals surface area contributed by atoms with Crippen LogP contribution in [0.25, 0.3) is 0 Å². The highest BCUT2D eigenvalue weighted by Gasteiger charge is 2.29. The first-order valence-corrected chi connectivity index (χ1v) is 6.09. The number of rotatable bonds is 4. The molecule has 0 amide bonds. The number of thioether (sulfide) groups is 1. The van der Waals surface area contributed by atoms with Crippen molar-refractivity contribution in [2.45, 2.75) is 13.8 Å². The summed E-state index contributed by atoms with van der Waals surface area (Å²) in [6.07, 6.45) is 0. The van der Waals surface area contributed by atoms with Crippen molar-refractivity contribution in [3.63, 3.8) is 0 Å². The van der Waals surface area contributed by atoms with Gasteiger partial charge in [0.25, 0.3) is 0 Å². The molecule has 0 N–H and O–H groups in total. The van der Waals surface area contributed by atoms with E-state index in [9.17, 15) is 9.59 Å². The predicted molar refractivity (Wildman–Crippen MR) is 57.6 cm³/mol. The van der Waals surface area contributed by atoms with Crippen molar-refractivity contribution < 1.29 is 19.1 Å². The zero-order valence-corrected chi connectivity index (χ0v) is 9.84. The maximum atomic E-state index is 10.7. The third-order valence-electron chi connectivity index (χ3n) is 2.33. The van der Waals surface area contributed by atoms with Crippen molar-refractivity contribution in [3.05, 3.63) is 0 Å². The van der Waals surface area contributed by atoms with Gasteiger partial charge >= 0.3 is 11.9 Å². The maximum absolute atomic E-state index is 10.7. The molecule has 2 atom stereocenters. The topological polar surface area (TPSA) is 52.6 Å². The standard InChI is InChI=1S/C10H16O4S/c1-7(11)13-3-9-5-15-6-10(9)4-14-8(2)12/h9-10H,3-6H2,1-2H3/t9-,10-/m1/s1. The Morgan fingerprint density at radius 1 is 1.07 bits per heavy atom. The van der Waals surface area contributed by atoms with Crippen LogP contribution in [0.2, 0.25) is 0 Å². The second kappa shape index (κ2) is 6.00. The average Bonchev–Trinajstić information content (AvgIpc) is 2.58. The second-order valence-electron chi connectivity index (χ2n) is 3.66. The molecule has 0 aromatic carbocycles. The van der Waals surface area contributed by atoms with Gasteiger partial charge in [0, 0.05) is 25.7 Å². The third kappa shape index (κ3) is 4.55. The molecule has 86 valence electrons. The largest absolute Gasteiger partial charge is 0.466 e. The first-order valence-electron chi connectivity index (χ1n) is 4.94. The van der Waals surface area contributed by atoms with E-state index in [1.165, 1.54) is 13.8 Å². The molecule has 0 aromatic rings. The van der Waals surface area contributed by atoms with Gasteiger partial charge in [-0.15, -0.1) is 0 Å². The highest BCUT2D eigenvalue weighted by Crippen LogP contribution is 2.30. The summed E-state index contributed by atoms with van der Waals surface area (Å²) in [6, 6.07) is 0. The lowest BCUT2D eigenvalue weighted by Crippen LogP contribution is -2.24. The zero-order chi connectivity index (χ0) is 11.3. The number of carbonyl (C=O) groups is 2. The third-order valence-corrected chi connectivity index (χ3v) is 3.66. The van der Waals surface area contributed by atoms with Gasteiger partial charge in [-0.05, 0) is 11.5 Å². The van der Waals surface area contributed by atoms with Crippen molar-refractivity contribution in [1.29, 1.82) is 0 Å². The normalized spacial score (nSPS) is 24.9. The number of esters is 2. The van der Waals surface area contributed by atoms with E-state index in [2.05, 4.69) is 0 Å². The van der Waals surface area contributed by atoms with Gasteiger partial charge in [0.15, 0.2) is 0 Å². The van der Waals surface area contributed by atoms with Gasteiger partial charge in [-0.2, -0.15) is 11.8 Å². The lowest BCUT2D eigenvalue weighted by atomic mass is 9.98. The Morgan fingerprint density at radius 3 is 1.80 bits per heavy atom. The van der Waals surface area contributed by atoms with Crippen molar-refractivity contribution in [2.75, 3.05) is 24.7 Å². The monoisotopic (exact) mass is 232 g/mol. The van der Waals surface area contributed by atoms with Gasteiger partial charge in [0.2, 0.25) is 0 Å². The Balaban J connectivity index is 2.29. The minimum absolute atomic E-state index is 0.252. The van der Waals surface area contributed by atoms with E-state index < -0.39 is 0 Å². The summed E-state index contributed by atoms with van der Waals surface area (Å²) < 4.78 is 9.94. The van der Waals surface area contributed by atoms with E-state index in [4.69, 9.17) is 9.47 Å². The summed E-state index contributed by atoms with van der Waals surface area (Å²) in [5.74, 6) is 2.08. The van der Waals surface area contributed by atoms with Crippen LogP contribution < -0.4 is 0 Å². The van der Waals surface area contributed by atoms with Crippen LogP contribution in [-0.2, 0) is 19.1 Å². The molecule has 0 saturated carbocycles. The molecule has 15 heavy (non-hydrogen) atoms. The Hall–Kier alpha value is -0.710. The van der Waals surface area contributed by atoms with E-state index >= 15 is 0 Å². The summed E-state index contributed by atoms with van der Waals surface area (Å²) in [4.78, 5) is 21.3. The van der Waals surface area contributed by atoms with E-state index in [0.717, 1.165) is 11.5 Å². The van der Waals surface area contributed by atoms with Crippen molar-refractivity contribution in [2.24, 2.45) is 11.8 Å². The molecule has 1 saturated heterocycles. The van der Waals surface area contributed by atoms with Crippen LogP contribution in [0.1, 0.15) is 13.8 Å². The molecule has 1 heterocycles. The number of carbonyl (C=O) groups excluding carboxylic acids is 2. The fraction of sp³-hybridized carbons (Fsp3) is 0.800. The maximum Gasteiger partial charge on any atom is 0.302 e. The molecule has 0 aliphatic carbocycles. The molecule has 0 unspecified atom stereocenters. The lowest BCUT2D eigenvalue weighted by Gasteiger charge is -2.17. The SMILES string of the molecule is CC(=O)OC[C@@H]1CSC[C@H]1COC(C)=O. The quantitative estimate of drug-likeness (QED) is 0.679. The fourth-order valence-corrected chi connectivity index (χ4v) is 2.94. The van der Waals surface area contributed by atoms with Gasteiger partial charge in [-0.1, -0.05) is 0 Å². The predicted octanol–water partition coefficient (Wildman–Crippen LogP) is 1.09. The van der Waals surface area contributed by atoms with Crippen LogP contribution in [0.5, 0.6) is 0 Å². The molecular formula is C10H16O4S. The molecule has 0 radical (unpaired) electrons. The van der Waals surface area contributed by atoms with Crippen LogP contribution in [0.4, 0.5) is 0 Å². The molecule has 1 aliphatic rings. The van der Waals surface area contributed by atoms with Crippen molar-refractivity contribution in [3.8, 4) is 0 Å². The van der Waals surface area contributed by atoms with E-state index in [1.54, 1.807) is 0 Å². The number of ether oxygens (including phenoxy) is 2. The summed E-state index contributed by atoms with van der Waals surface area (Å²) in [5.41, 5.74) is 0. The van der Waals surface area contributed by atoms with Crippen LogP contribution >= 0.6 is 11.8 Å². The van der Waals surface area contributed by atoms with Crippen LogP contribution in [0.3, 0.4) is 0 Å². The molecule has 1 rings (SSSR count). The Bertz CT molecular complexity index is 218. The van der Waals surface area contributed by atoms with E-state index in [0.29, 0.717) is 25.0 Å². The average molecular weight is 232 g/mol. The van der Waals surface area contributed by atoms with Gasteiger partial charge in [0.05, 0.1) is 13.2 Å². The van der Waals surface area contributed by atoms with Gasteiger partial charge < -0.3 is 9.47 Å². The van der Waals surface area contributed by atoms with Crippen LogP contribution in [0.15, 0.2) is 0 Å².